The third-order valence-corrected chi connectivity index (χ3v) is 4.08. The highest BCUT2D eigenvalue weighted by atomic mass is 32.1. The fourth-order valence-electron chi connectivity index (χ4n) is 2.03. The van der Waals surface area contributed by atoms with Crippen LogP contribution in [0.15, 0.2) is 0 Å². The van der Waals surface area contributed by atoms with E-state index in [2.05, 4.69) is 5.32 Å². The summed E-state index contributed by atoms with van der Waals surface area (Å²) in [5, 5.41) is 2.23. The van der Waals surface area contributed by atoms with Gasteiger partial charge in [0.1, 0.15) is 12.6 Å². The second-order valence-corrected chi connectivity index (χ2v) is 5.26. The molecular weight excluding hydrogens is 266 g/mol. The Labute approximate surface area is 117 Å². The first-order valence-electron chi connectivity index (χ1n) is 6.22. The molecule has 1 saturated heterocycles. The Balaban J connectivity index is 3.10. The molecule has 0 aliphatic carbocycles. The molecule has 0 bridgehead atoms. The lowest BCUT2D eigenvalue weighted by Crippen LogP contribution is -2.63. The first-order chi connectivity index (χ1) is 8.77. The van der Waals surface area contributed by atoms with Crippen molar-refractivity contribution >= 4 is 34.9 Å². The minimum atomic E-state index is -1.03. The first kappa shape index (κ1) is 15.6. The molecule has 0 aromatic carbocycles. The molecule has 1 aliphatic rings. The summed E-state index contributed by atoms with van der Waals surface area (Å²) < 4.78 is 0. The fourth-order valence-corrected chi connectivity index (χ4v) is 2.27. The van der Waals surface area contributed by atoms with Gasteiger partial charge in [-0.05, 0) is 19.8 Å². The van der Waals surface area contributed by atoms with E-state index < -0.39 is 23.3 Å². The summed E-state index contributed by atoms with van der Waals surface area (Å²) in [6.07, 6.45) is 0.853. The number of hydrogen-bond donors (Lipinski definition) is 2. The predicted molar refractivity (Wildman–Crippen MR) is 74.1 cm³/mol. The number of amides is 3. The van der Waals surface area contributed by atoms with E-state index in [1.165, 1.54) is 4.90 Å². The van der Waals surface area contributed by atoms with E-state index in [-0.39, 0.29) is 17.4 Å². The number of hydrogen-bond acceptors (Lipinski definition) is 4. The van der Waals surface area contributed by atoms with Crippen molar-refractivity contribution in [1.29, 1.82) is 0 Å². The summed E-state index contributed by atoms with van der Waals surface area (Å²) >= 11 is 4.95. The molecule has 0 aromatic rings. The molecule has 1 heterocycles. The molecule has 106 valence electrons. The molecule has 6 nitrogen and oxygen atoms in total. The maximum atomic E-state index is 12.6. The van der Waals surface area contributed by atoms with E-state index in [4.69, 9.17) is 18.0 Å². The summed E-state index contributed by atoms with van der Waals surface area (Å²) in [5.41, 5.74) is 4.62. The Kier molecular flexibility index (Phi) is 4.62. The summed E-state index contributed by atoms with van der Waals surface area (Å²) in [7, 11) is 0. The predicted octanol–water partition coefficient (Wildman–Crippen LogP) is -0.0476. The van der Waals surface area contributed by atoms with Crippen LogP contribution in [0.3, 0.4) is 0 Å². The van der Waals surface area contributed by atoms with Gasteiger partial charge < -0.3 is 10.6 Å². The lowest BCUT2D eigenvalue weighted by molar-refractivity contribution is -0.153. The Morgan fingerprint density at radius 1 is 1.53 bits per heavy atom. The highest BCUT2D eigenvalue weighted by molar-refractivity contribution is 7.80. The van der Waals surface area contributed by atoms with Gasteiger partial charge in [-0.3, -0.25) is 19.7 Å². The molecule has 7 heteroatoms. The molecule has 1 aliphatic heterocycles. The second-order valence-electron chi connectivity index (χ2n) is 4.82. The number of piperazine rings is 1. The number of nitrogens with one attached hydrogen (secondary N) is 1. The van der Waals surface area contributed by atoms with Gasteiger partial charge >= 0.3 is 0 Å². The molecule has 19 heavy (non-hydrogen) atoms. The molecule has 3 amide bonds. The van der Waals surface area contributed by atoms with Crippen molar-refractivity contribution in [2.24, 2.45) is 11.1 Å². The van der Waals surface area contributed by atoms with Gasteiger partial charge in [-0.15, -0.1) is 0 Å². The molecule has 1 rings (SSSR count). The third kappa shape index (κ3) is 2.75. The molecule has 3 N–H and O–H groups in total. The van der Waals surface area contributed by atoms with E-state index >= 15 is 0 Å². The number of carbonyl (C=O) groups is 3. The minimum Gasteiger partial charge on any atom is -0.392 e. The molecule has 2 unspecified atom stereocenters. The van der Waals surface area contributed by atoms with Crippen LogP contribution in [0.1, 0.15) is 33.6 Å². The van der Waals surface area contributed by atoms with Crippen LogP contribution in [0.4, 0.5) is 0 Å². The van der Waals surface area contributed by atoms with Crippen LogP contribution in [0, 0.1) is 5.41 Å². The molecule has 2 atom stereocenters. The summed E-state index contributed by atoms with van der Waals surface area (Å²) in [4.78, 5) is 37.1. The quantitative estimate of drug-likeness (QED) is 0.558. The van der Waals surface area contributed by atoms with Crippen molar-refractivity contribution < 1.29 is 14.4 Å². The zero-order chi connectivity index (χ0) is 14.8. The van der Waals surface area contributed by atoms with E-state index in [0.717, 1.165) is 0 Å². The van der Waals surface area contributed by atoms with Gasteiger partial charge in [0.05, 0.1) is 10.4 Å². The number of carbonyl (C=O) groups excluding carboxylic acids is 3. The summed E-state index contributed by atoms with van der Waals surface area (Å²) in [6.45, 7) is 5.08. The monoisotopic (exact) mass is 285 g/mol. The molecule has 0 spiro atoms. The van der Waals surface area contributed by atoms with E-state index in [1.807, 2.05) is 0 Å². The Hall–Kier alpha value is -1.50. The maximum Gasteiger partial charge on any atom is 0.249 e. The zero-order valence-corrected chi connectivity index (χ0v) is 12.2. The SMILES string of the molecule is CCC1C(=O)NC(=O)CN1C(=O)C(C)(CC)C(N)=S. The van der Waals surface area contributed by atoms with Gasteiger partial charge in [-0.1, -0.05) is 26.1 Å². The van der Waals surface area contributed by atoms with Gasteiger partial charge in [0.25, 0.3) is 0 Å². The number of imide groups is 1. The van der Waals surface area contributed by atoms with Gasteiger partial charge in [-0.2, -0.15) is 0 Å². The molecule has 0 saturated carbocycles. The molecule has 0 radical (unpaired) electrons. The third-order valence-electron chi connectivity index (χ3n) is 3.63. The Bertz CT molecular complexity index is 438. The number of thiocarbonyl (C=S) groups is 1. The topological polar surface area (TPSA) is 92.5 Å². The highest BCUT2D eigenvalue weighted by Crippen LogP contribution is 2.27. The Morgan fingerprint density at radius 3 is 2.53 bits per heavy atom. The number of rotatable bonds is 4. The lowest BCUT2D eigenvalue weighted by Gasteiger charge is -2.39. The fraction of sp³-hybridized carbons (Fsp3) is 0.667. The number of nitrogens with two attached hydrogens (primary N) is 1. The van der Waals surface area contributed by atoms with Crippen molar-refractivity contribution in [3.8, 4) is 0 Å². The van der Waals surface area contributed by atoms with Gasteiger partial charge in [-0.25, -0.2) is 0 Å². The van der Waals surface area contributed by atoms with Crippen LogP contribution in [0.25, 0.3) is 0 Å². The van der Waals surface area contributed by atoms with Crippen LogP contribution < -0.4 is 11.1 Å². The van der Waals surface area contributed by atoms with Crippen LogP contribution in [0.5, 0.6) is 0 Å². The smallest absolute Gasteiger partial charge is 0.249 e. The Morgan fingerprint density at radius 2 is 2.11 bits per heavy atom. The molecular formula is C12H19N3O3S. The normalized spacial score (nSPS) is 22.7. The van der Waals surface area contributed by atoms with Crippen molar-refractivity contribution in [3.63, 3.8) is 0 Å². The molecule has 0 aromatic heterocycles. The lowest BCUT2D eigenvalue weighted by atomic mass is 9.85. The largest absolute Gasteiger partial charge is 0.392 e. The van der Waals surface area contributed by atoms with Crippen LogP contribution >= 0.6 is 12.2 Å². The highest BCUT2D eigenvalue weighted by Gasteiger charge is 2.44. The maximum absolute atomic E-state index is 12.6. The van der Waals surface area contributed by atoms with Crippen LogP contribution in [-0.4, -0.2) is 40.2 Å². The molecule has 1 fully saturated rings. The average Bonchev–Trinajstić information content (AvgIpc) is 2.35. The zero-order valence-electron chi connectivity index (χ0n) is 11.4. The van der Waals surface area contributed by atoms with Gasteiger partial charge in [0.2, 0.25) is 17.7 Å². The van der Waals surface area contributed by atoms with E-state index in [9.17, 15) is 14.4 Å². The second kappa shape index (κ2) is 5.64. The summed E-state index contributed by atoms with van der Waals surface area (Å²) in [5.74, 6) is -1.30. The first-order valence-corrected chi connectivity index (χ1v) is 6.63. The standard InChI is InChI=1S/C12H19N3O3S/c1-4-7-9(17)14-8(16)6-15(7)11(18)12(3,5-2)10(13)19/h7H,4-6H2,1-3H3,(H2,13,19)(H,14,16,17). The van der Waals surface area contributed by atoms with Crippen molar-refractivity contribution in [1.82, 2.24) is 10.2 Å². The minimum absolute atomic E-state index is 0.0771. The van der Waals surface area contributed by atoms with Gasteiger partial charge in [0.15, 0.2) is 0 Å². The average molecular weight is 285 g/mol. The van der Waals surface area contributed by atoms with Crippen molar-refractivity contribution in [2.75, 3.05) is 6.54 Å². The summed E-state index contributed by atoms with van der Waals surface area (Å²) in [6, 6.07) is -0.648. The van der Waals surface area contributed by atoms with Crippen LogP contribution in [-0.2, 0) is 14.4 Å². The number of nitrogens with zero attached hydrogens (tertiary/aromatic N) is 1. The van der Waals surface area contributed by atoms with Gasteiger partial charge in [0, 0.05) is 0 Å². The van der Waals surface area contributed by atoms with Crippen LogP contribution in [0.2, 0.25) is 0 Å². The van der Waals surface area contributed by atoms with Crippen molar-refractivity contribution in [2.45, 2.75) is 39.7 Å². The van der Waals surface area contributed by atoms with E-state index in [0.29, 0.717) is 12.8 Å². The van der Waals surface area contributed by atoms with E-state index in [1.54, 1.807) is 20.8 Å². The van der Waals surface area contributed by atoms with Crippen molar-refractivity contribution in [3.05, 3.63) is 0 Å².